The number of allylic oxidation sites excluding steroid dienone is 1. The van der Waals surface area contributed by atoms with Crippen LogP contribution in [0.4, 0.5) is 0 Å². The molecular weight excluding hydrogens is 248 g/mol. The number of benzene rings is 1. The van der Waals surface area contributed by atoms with E-state index in [9.17, 15) is 4.79 Å². The van der Waals surface area contributed by atoms with Crippen LogP contribution in [-0.4, -0.2) is 10.5 Å². The SMILES string of the molecule is C=CCC(CC(=O)n1cccc1)c1ccc(C#N)cc1. The van der Waals surface area contributed by atoms with Crippen molar-refractivity contribution in [3.8, 4) is 6.07 Å². The van der Waals surface area contributed by atoms with Gasteiger partial charge in [0.2, 0.25) is 5.91 Å². The van der Waals surface area contributed by atoms with E-state index >= 15 is 0 Å². The van der Waals surface area contributed by atoms with Crippen molar-refractivity contribution in [2.45, 2.75) is 18.8 Å². The highest BCUT2D eigenvalue weighted by Gasteiger charge is 2.15. The maximum atomic E-state index is 12.2. The van der Waals surface area contributed by atoms with Crippen molar-refractivity contribution in [2.24, 2.45) is 0 Å². The van der Waals surface area contributed by atoms with Crippen LogP contribution in [0.15, 0.2) is 61.4 Å². The lowest BCUT2D eigenvalue weighted by Gasteiger charge is -2.15. The molecule has 0 saturated heterocycles. The van der Waals surface area contributed by atoms with Gasteiger partial charge in [-0.15, -0.1) is 6.58 Å². The Kier molecular flexibility index (Phi) is 4.52. The van der Waals surface area contributed by atoms with Gasteiger partial charge >= 0.3 is 0 Å². The van der Waals surface area contributed by atoms with Crippen molar-refractivity contribution in [1.82, 2.24) is 4.57 Å². The van der Waals surface area contributed by atoms with Gasteiger partial charge < -0.3 is 0 Å². The number of nitrogens with zero attached hydrogens (tertiary/aromatic N) is 2. The van der Waals surface area contributed by atoms with Gasteiger partial charge in [-0.1, -0.05) is 18.2 Å². The highest BCUT2D eigenvalue weighted by atomic mass is 16.1. The van der Waals surface area contributed by atoms with Crippen LogP contribution in [0.1, 0.15) is 34.7 Å². The fraction of sp³-hybridized carbons (Fsp3) is 0.176. The maximum Gasteiger partial charge on any atom is 0.231 e. The molecule has 1 aromatic carbocycles. The van der Waals surface area contributed by atoms with E-state index in [1.165, 1.54) is 0 Å². The smallest absolute Gasteiger partial charge is 0.231 e. The molecule has 2 rings (SSSR count). The first kappa shape index (κ1) is 13.8. The monoisotopic (exact) mass is 264 g/mol. The highest BCUT2D eigenvalue weighted by molar-refractivity contribution is 5.79. The third-order valence-corrected chi connectivity index (χ3v) is 3.28. The van der Waals surface area contributed by atoms with Gasteiger partial charge in [0.15, 0.2) is 0 Å². The summed E-state index contributed by atoms with van der Waals surface area (Å²) in [5.41, 5.74) is 1.69. The molecule has 2 aromatic rings. The number of aromatic nitrogens is 1. The molecule has 20 heavy (non-hydrogen) atoms. The van der Waals surface area contributed by atoms with Crippen LogP contribution >= 0.6 is 0 Å². The summed E-state index contributed by atoms with van der Waals surface area (Å²) in [5.74, 6) is 0.154. The largest absolute Gasteiger partial charge is 0.295 e. The number of rotatable bonds is 5. The van der Waals surface area contributed by atoms with Crippen LogP contribution in [-0.2, 0) is 0 Å². The van der Waals surface area contributed by atoms with Crippen LogP contribution < -0.4 is 0 Å². The third-order valence-electron chi connectivity index (χ3n) is 3.28. The van der Waals surface area contributed by atoms with Crippen LogP contribution in [0.2, 0.25) is 0 Å². The molecule has 0 fully saturated rings. The highest BCUT2D eigenvalue weighted by Crippen LogP contribution is 2.25. The molecule has 1 heterocycles. The van der Waals surface area contributed by atoms with Crippen LogP contribution in [0, 0.1) is 11.3 Å². The average molecular weight is 264 g/mol. The summed E-state index contributed by atoms with van der Waals surface area (Å²) in [7, 11) is 0. The number of carbonyl (C=O) groups is 1. The Hall–Kier alpha value is -2.60. The van der Waals surface area contributed by atoms with E-state index in [1.54, 1.807) is 29.1 Å². The first-order valence-corrected chi connectivity index (χ1v) is 6.51. The first-order valence-electron chi connectivity index (χ1n) is 6.51. The summed E-state index contributed by atoms with van der Waals surface area (Å²) in [6.45, 7) is 3.76. The van der Waals surface area contributed by atoms with Gasteiger partial charge in [-0.25, -0.2) is 0 Å². The van der Waals surface area contributed by atoms with Gasteiger partial charge in [0.25, 0.3) is 0 Å². The van der Waals surface area contributed by atoms with Crippen LogP contribution in [0.5, 0.6) is 0 Å². The minimum absolute atomic E-state index is 0.0613. The topological polar surface area (TPSA) is 45.8 Å². The molecule has 0 aliphatic carbocycles. The second-order valence-electron chi connectivity index (χ2n) is 4.64. The standard InChI is InChI=1S/C17H16N2O/c1-2-5-16(12-17(20)19-10-3-4-11-19)15-8-6-14(13-18)7-9-15/h2-4,6-11,16H,1,5,12H2. The number of carbonyl (C=O) groups excluding carboxylic acids is 1. The second kappa shape index (κ2) is 6.53. The number of nitriles is 1. The molecule has 1 atom stereocenters. The molecule has 0 amide bonds. The molecule has 1 unspecified atom stereocenters. The summed E-state index contributed by atoms with van der Waals surface area (Å²) < 4.78 is 1.60. The summed E-state index contributed by atoms with van der Waals surface area (Å²) >= 11 is 0. The summed E-state index contributed by atoms with van der Waals surface area (Å²) in [6.07, 6.45) is 6.50. The quantitative estimate of drug-likeness (QED) is 0.772. The lowest BCUT2D eigenvalue weighted by Crippen LogP contribution is -2.13. The first-order chi connectivity index (χ1) is 9.74. The van der Waals surface area contributed by atoms with Gasteiger partial charge in [-0.05, 0) is 42.2 Å². The zero-order valence-electron chi connectivity index (χ0n) is 11.2. The van der Waals surface area contributed by atoms with Gasteiger partial charge in [-0.2, -0.15) is 5.26 Å². The molecular formula is C17H16N2O. The van der Waals surface area contributed by atoms with Crippen LogP contribution in [0.3, 0.4) is 0 Å². The molecule has 1 aromatic heterocycles. The predicted molar refractivity (Wildman–Crippen MR) is 78.4 cm³/mol. The fourth-order valence-corrected chi connectivity index (χ4v) is 2.19. The van der Waals surface area contributed by atoms with Crippen molar-refractivity contribution in [3.63, 3.8) is 0 Å². The van der Waals surface area contributed by atoms with Crippen LogP contribution in [0.25, 0.3) is 0 Å². The predicted octanol–water partition coefficient (Wildman–Crippen LogP) is 3.75. The van der Waals surface area contributed by atoms with E-state index in [2.05, 4.69) is 12.6 Å². The molecule has 0 aliphatic heterocycles. The normalized spacial score (nSPS) is 11.6. The van der Waals surface area contributed by atoms with Crippen molar-refractivity contribution in [2.75, 3.05) is 0 Å². The summed E-state index contributed by atoms with van der Waals surface area (Å²) in [4.78, 5) is 12.2. The Labute approximate surface area is 118 Å². The number of hydrogen-bond donors (Lipinski definition) is 0. The average Bonchev–Trinajstić information content (AvgIpc) is 3.01. The lowest BCUT2D eigenvalue weighted by molar-refractivity contribution is 0.0893. The molecule has 0 aliphatic rings. The molecule has 0 saturated carbocycles. The zero-order chi connectivity index (χ0) is 14.4. The maximum absolute atomic E-state index is 12.2. The Morgan fingerprint density at radius 3 is 2.50 bits per heavy atom. The van der Waals surface area contributed by atoms with Crippen molar-refractivity contribution >= 4 is 5.91 Å². The van der Waals surface area contributed by atoms with E-state index in [1.807, 2.05) is 30.3 Å². The van der Waals surface area contributed by atoms with Crippen molar-refractivity contribution in [1.29, 1.82) is 5.26 Å². The van der Waals surface area contributed by atoms with Crippen molar-refractivity contribution in [3.05, 3.63) is 72.6 Å². The third kappa shape index (κ3) is 3.24. The van der Waals surface area contributed by atoms with E-state index in [4.69, 9.17) is 5.26 Å². The second-order valence-corrected chi connectivity index (χ2v) is 4.64. The van der Waals surface area contributed by atoms with Gasteiger partial charge in [0, 0.05) is 18.8 Å². The van der Waals surface area contributed by atoms with Gasteiger partial charge in [-0.3, -0.25) is 9.36 Å². The molecule has 0 radical (unpaired) electrons. The minimum atomic E-state index is 0.0613. The minimum Gasteiger partial charge on any atom is -0.295 e. The Balaban J connectivity index is 2.16. The van der Waals surface area contributed by atoms with Crippen molar-refractivity contribution < 1.29 is 4.79 Å². The van der Waals surface area contributed by atoms with Gasteiger partial charge in [0.05, 0.1) is 11.6 Å². The number of hydrogen-bond acceptors (Lipinski definition) is 2. The van der Waals surface area contributed by atoms with E-state index in [-0.39, 0.29) is 11.8 Å². The zero-order valence-corrected chi connectivity index (χ0v) is 11.2. The molecule has 3 heteroatoms. The van der Waals surface area contributed by atoms with Gasteiger partial charge in [0.1, 0.15) is 0 Å². The lowest BCUT2D eigenvalue weighted by atomic mass is 9.91. The molecule has 0 spiro atoms. The molecule has 100 valence electrons. The van der Waals surface area contributed by atoms with E-state index in [0.717, 1.165) is 12.0 Å². The molecule has 0 bridgehead atoms. The Morgan fingerprint density at radius 1 is 1.30 bits per heavy atom. The Bertz CT molecular complexity index is 618. The Morgan fingerprint density at radius 2 is 1.95 bits per heavy atom. The molecule has 3 nitrogen and oxygen atoms in total. The summed E-state index contributed by atoms with van der Waals surface area (Å²) in [6, 6.07) is 13.2. The summed E-state index contributed by atoms with van der Waals surface area (Å²) in [5, 5.41) is 8.82. The fourth-order valence-electron chi connectivity index (χ4n) is 2.19. The van der Waals surface area contributed by atoms with E-state index in [0.29, 0.717) is 12.0 Å². The molecule has 0 N–H and O–H groups in total. The van der Waals surface area contributed by atoms with E-state index < -0.39 is 0 Å².